The number of aromatic nitrogens is 2. The van der Waals surface area contributed by atoms with Crippen molar-refractivity contribution in [3.05, 3.63) is 47.8 Å². The number of sulfone groups is 1. The number of amides is 1. The third-order valence-electron chi connectivity index (χ3n) is 3.71. The minimum absolute atomic E-state index is 0.0514. The Balaban J connectivity index is 1.77. The molecule has 2 heterocycles. The van der Waals surface area contributed by atoms with Crippen LogP contribution in [0.2, 0.25) is 0 Å². The van der Waals surface area contributed by atoms with Crippen molar-refractivity contribution in [1.82, 2.24) is 15.1 Å². The minimum atomic E-state index is -3.24. The highest BCUT2D eigenvalue weighted by Crippen LogP contribution is 2.31. The van der Waals surface area contributed by atoms with E-state index in [4.69, 9.17) is 0 Å². The third kappa shape index (κ3) is 2.89. The summed E-state index contributed by atoms with van der Waals surface area (Å²) in [5, 5.41) is 6.98. The first kappa shape index (κ1) is 14.8. The molecule has 1 atom stereocenters. The maximum Gasteiger partial charge on any atom is 0.242 e. The van der Waals surface area contributed by atoms with E-state index in [0.717, 1.165) is 5.56 Å². The second kappa shape index (κ2) is 5.57. The van der Waals surface area contributed by atoms with Crippen molar-refractivity contribution < 1.29 is 13.2 Å². The van der Waals surface area contributed by atoms with Crippen LogP contribution in [0.4, 0.5) is 0 Å². The van der Waals surface area contributed by atoms with Gasteiger partial charge in [-0.1, -0.05) is 18.2 Å². The maximum atomic E-state index is 12.1. The molecule has 0 saturated carbocycles. The molecule has 116 valence electrons. The average molecular weight is 319 g/mol. The smallest absolute Gasteiger partial charge is 0.242 e. The van der Waals surface area contributed by atoms with Crippen LogP contribution in [0.25, 0.3) is 0 Å². The van der Waals surface area contributed by atoms with Crippen LogP contribution >= 0.6 is 0 Å². The zero-order chi connectivity index (χ0) is 15.7. The SMILES string of the molecule is Cc1cnn(CC(=O)N[C@@H]2CCS(=O)(=O)c3ccccc32)c1. The van der Waals surface area contributed by atoms with Crippen molar-refractivity contribution in [1.29, 1.82) is 0 Å². The molecule has 0 spiro atoms. The Morgan fingerprint density at radius 3 is 2.91 bits per heavy atom. The lowest BCUT2D eigenvalue weighted by atomic mass is 10.0. The second-order valence-corrected chi connectivity index (χ2v) is 7.56. The fraction of sp³-hybridized carbons (Fsp3) is 0.333. The van der Waals surface area contributed by atoms with Crippen LogP contribution in [-0.2, 0) is 21.2 Å². The first-order valence-electron chi connectivity index (χ1n) is 7.06. The average Bonchev–Trinajstić information content (AvgIpc) is 2.87. The van der Waals surface area contributed by atoms with E-state index in [-0.39, 0.29) is 24.2 Å². The molecule has 0 unspecified atom stereocenters. The van der Waals surface area contributed by atoms with E-state index >= 15 is 0 Å². The van der Waals surface area contributed by atoms with Crippen molar-refractivity contribution in [2.45, 2.75) is 30.8 Å². The lowest BCUT2D eigenvalue weighted by molar-refractivity contribution is -0.122. The van der Waals surface area contributed by atoms with Gasteiger partial charge in [-0.05, 0) is 30.5 Å². The van der Waals surface area contributed by atoms with Crippen LogP contribution in [0, 0.1) is 6.92 Å². The highest BCUT2D eigenvalue weighted by molar-refractivity contribution is 7.91. The highest BCUT2D eigenvalue weighted by atomic mass is 32.2. The molecule has 0 aliphatic carbocycles. The number of carbonyl (C=O) groups is 1. The van der Waals surface area contributed by atoms with E-state index in [0.29, 0.717) is 16.9 Å². The standard InChI is InChI=1S/C15H17N3O3S/c1-11-8-16-18(9-11)10-15(19)17-13-6-7-22(20,21)14-5-3-2-4-12(13)14/h2-5,8-9,13H,6-7,10H2,1H3,(H,17,19)/t13-/m1/s1. The Labute approximate surface area is 129 Å². The zero-order valence-corrected chi connectivity index (χ0v) is 13.0. The molecule has 1 aromatic heterocycles. The van der Waals surface area contributed by atoms with E-state index in [9.17, 15) is 13.2 Å². The summed E-state index contributed by atoms with van der Waals surface area (Å²) in [6, 6.07) is 6.57. The Bertz CT molecular complexity index is 811. The maximum absolute atomic E-state index is 12.1. The van der Waals surface area contributed by atoms with Gasteiger partial charge in [-0.2, -0.15) is 5.10 Å². The number of carbonyl (C=O) groups excluding carboxylic acids is 1. The van der Waals surface area contributed by atoms with Gasteiger partial charge in [-0.15, -0.1) is 0 Å². The fourth-order valence-corrected chi connectivity index (χ4v) is 4.30. The van der Waals surface area contributed by atoms with Crippen LogP contribution in [0.1, 0.15) is 23.6 Å². The lowest BCUT2D eigenvalue weighted by Gasteiger charge is -2.26. The van der Waals surface area contributed by atoms with Gasteiger partial charge in [0.2, 0.25) is 5.91 Å². The van der Waals surface area contributed by atoms with Gasteiger partial charge in [0.1, 0.15) is 6.54 Å². The summed E-state index contributed by atoms with van der Waals surface area (Å²) < 4.78 is 25.7. The number of rotatable bonds is 3. The first-order valence-corrected chi connectivity index (χ1v) is 8.71. The molecule has 7 heteroatoms. The van der Waals surface area contributed by atoms with Gasteiger partial charge < -0.3 is 5.32 Å². The predicted octanol–water partition coefficient (Wildman–Crippen LogP) is 1.23. The molecule has 1 amide bonds. The van der Waals surface area contributed by atoms with Crippen molar-refractivity contribution in [3.8, 4) is 0 Å². The van der Waals surface area contributed by atoms with E-state index in [2.05, 4.69) is 10.4 Å². The molecule has 6 nitrogen and oxygen atoms in total. The molecule has 0 saturated heterocycles. The van der Waals surface area contributed by atoms with E-state index in [1.807, 2.05) is 6.92 Å². The van der Waals surface area contributed by atoms with E-state index < -0.39 is 9.84 Å². The summed E-state index contributed by atoms with van der Waals surface area (Å²) in [5.41, 5.74) is 1.65. The molecule has 22 heavy (non-hydrogen) atoms. The van der Waals surface area contributed by atoms with Crippen molar-refractivity contribution in [3.63, 3.8) is 0 Å². The molecule has 2 aromatic rings. The number of nitrogens with zero attached hydrogens (tertiary/aromatic N) is 2. The second-order valence-electron chi connectivity index (χ2n) is 5.48. The molecule has 3 rings (SSSR count). The third-order valence-corrected chi connectivity index (χ3v) is 5.52. The van der Waals surface area contributed by atoms with Gasteiger partial charge in [-0.3, -0.25) is 9.48 Å². The predicted molar refractivity (Wildman–Crippen MR) is 81.0 cm³/mol. The number of nitrogens with one attached hydrogen (secondary N) is 1. The van der Waals surface area contributed by atoms with Gasteiger partial charge in [0, 0.05) is 6.20 Å². The Morgan fingerprint density at radius 2 is 2.18 bits per heavy atom. The Hall–Kier alpha value is -2.15. The van der Waals surface area contributed by atoms with Crippen LogP contribution in [0.15, 0.2) is 41.6 Å². The van der Waals surface area contributed by atoms with Gasteiger partial charge in [0.15, 0.2) is 9.84 Å². The van der Waals surface area contributed by atoms with Crippen LogP contribution in [-0.4, -0.2) is 29.9 Å². The molecular formula is C15H17N3O3S. The number of hydrogen-bond donors (Lipinski definition) is 1. The van der Waals surface area contributed by atoms with Crippen molar-refractivity contribution in [2.24, 2.45) is 0 Å². The number of aryl methyl sites for hydroxylation is 1. The Kier molecular flexibility index (Phi) is 3.74. The van der Waals surface area contributed by atoms with E-state index in [1.54, 1.807) is 41.3 Å². The first-order chi connectivity index (χ1) is 10.5. The van der Waals surface area contributed by atoms with Crippen LogP contribution in [0.5, 0.6) is 0 Å². The van der Waals surface area contributed by atoms with Gasteiger partial charge >= 0.3 is 0 Å². The number of hydrogen-bond acceptors (Lipinski definition) is 4. The number of benzene rings is 1. The summed E-state index contributed by atoms with van der Waals surface area (Å²) in [4.78, 5) is 12.5. The zero-order valence-electron chi connectivity index (χ0n) is 12.2. The molecule has 1 aliphatic rings. The molecule has 1 N–H and O–H groups in total. The molecule has 0 fully saturated rings. The van der Waals surface area contributed by atoms with Crippen LogP contribution < -0.4 is 5.32 Å². The topological polar surface area (TPSA) is 81.1 Å². The van der Waals surface area contributed by atoms with Crippen molar-refractivity contribution >= 4 is 15.7 Å². The summed E-state index contributed by atoms with van der Waals surface area (Å²) in [7, 11) is -3.24. The van der Waals surface area contributed by atoms with Crippen LogP contribution in [0.3, 0.4) is 0 Å². The minimum Gasteiger partial charge on any atom is -0.348 e. The normalized spacial score (nSPS) is 19.4. The molecule has 0 radical (unpaired) electrons. The number of fused-ring (bicyclic) bond motifs is 1. The molecule has 0 bridgehead atoms. The molecular weight excluding hydrogens is 302 g/mol. The van der Waals surface area contributed by atoms with Gasteiger partial charge in [0.25, 0.3) is 0 Å². The Morgan fingerprint density at radius 1 is 1.41 bits per heavy atom. The van der Waals surface area contributed by atoms with Gasteiger partial charge in [-0.25, -0.2) is 8.42 Å². The lowest BCUT2D eigenvalue weighted by Crippen LogP contribution is -2.35. The summed E-state index contributed by atoms with van der Waals surface area (Å²) in [6.45, 7) is 2.03. The fourth-order valence-electron chi connectivity index (χ4n) is 2.68. The monoisotopic (exact) mass is 319 g/mol. The highest BCUT2D eigenvalue weighted by Gasteiger charge is 2.30. The molecule has 1 aliphatic heterocycles. The van der Waals surface area contributed by atoms with Crippen molar-refractivity contribution in [2.75, 3.05) is 5.75 Å². The van der Waals surface area contributed by atoms with Gasteiger partial charge in [0.05, 0.1) is 22.9 Å². The van der Waals surface area contributed by atoms with E-state index in [1.165, 1.54) is 0 Å². The summed E-state index contributed by atoms with van der Waals surface area (Å²) in [6.07, 6.45) is 3.87. The summed E-state index contributed by atoms with van der Waals surface area (Å²) in [5.74, 6) is -0.127. The summed E-state index contributed by atoms with van der Waals surface area (Å²) >= 11 is 0. The molecule has 1 aromatic carbocycles. The largest absolute Gasteiger partial charge is 0.348 e. The quantitative estimate of drug-likeness (QED) is 0.922.